The molecule has 0 saturated heterocycles. The quantitative estimate of drug-likeness (QED) is 0.372. The molecule has 4 aromatic rings. The van der Waals surface area contributed by atoms with Crippen LogP contribution in [0.15, 0.2) is 42.9 Å². The molecule has 184 valence electrons. The van der Waals surface area contributed by atoms with Crippen molar-refractivity contribution in [2.24, 2.45) is 7.05 Å². The molecule has 0 aliphatic carbocycles. The maximum absolute atomic E-state index is 14.8. The molecular formula is C20H19ClF2N8O3S. The van der Waals surface area contributed by atoms with Gasteiger partial charge in [0, 0.05) is 32.7 Å². The zero-order valence-corrected chi connectivity index (χ0v) is 20.2. The third-order valence-corrected chi connectivity index (χ3v) is 6.95. The molecule has 11 nitrogen and oxygen atoms in total. The number of halogens is 3. The summed E-state index contributed by atoms with van der Waals surface area (Å²) < 4.78 is 66.0. The second-order valence-corrected chi connectivity index (χ2v) is 9.87. The average molecular weight is 525 g/mol. The van der Waals surface area contributed by atoms with Crippen LogP contribution in [0.5, 0.6) is 0 Å². The van der Waals surface area contributed by atoms with Crippen LogP contribution in [0.3, 0.4) is 0 Å². The zero-order chi connectivity index (χ0) is 25.3. The smallest absolute Gasteiger partial charge is 0.243 e. The third-order valence-electron chi connectivity index (χ3n) is 5.06. The van der Waals surface area contributed by atoms with Gasteiger partial charge in [0.15, 0.2) is 11.6 Å². The van der Waals surface area contributed by atoms with Crippen LogP contribution in [0.2, 0.25) is 5.02 Å². The molecule has 15 heteroatoms. The van der Waals surface area contributed by atoms with E-state index in [9.17, 15) is 17.2 Å². The molecule has 3 heterocycles. The van der Waals surface area contributed by atoms with Crippen molar-refractivity contribution in [3.63, 3.8) is 0 Å². The Hall–Kier alpha value is -3.49. The molecule has 1 aromatic carbocycles. The minimum Gasteiger partial charge on any atom is -0.372 e. The van der Waals surface area contributed by atoms with Crippen molar-refractivity contribution in [2.75, 3.05) is 11.8 Å². The monoisotopic (exact) mass is 524 g/mol. The number of nitrogens with one attached hydrogen (secondary N) is 1. The van der Waals surface area contributed by atoms with E-state index < -0.39 is 44.6 Å². The first-order valence-electron chi connectivity index (χ1n) is 10.0. The van der Waals surface area contributed by atoms with Gasteiger partial charge in [-0.1, -0.05) is 17.7 Å². The summed E-state index contributed by atoms with van der Waals surface area (Å²) in [6, 6.07) is 4.78. The maximum Gasteiger partial charge on any atom is 0.243 e. The number of ether oxygens (including phenoxy) is 1. The fourth-order valence-corrected chi connectivity index (χ4v) is 4.55. The molecule has 0 amide bonds. The van der Waals surface area contributed by atoms with E-state index in [-0.39, 0.29) is 22.4 Å². The normalized spacial score (nSPS) is 13.5. The Balaban J connectivity index is 1.78. The van der Waals surface area contributed by atoms with Crippen LogP contribution in [-0.2, 0) is 21.8 Å². The molecule has 0 spiro atoms. The lowest BCUT2D eigenvalue weighted by molar-refractivity contribution is 0.0950. The minimum absolute atomic E-state index is 0.0746. The fraction of sp³-hybridized carbons (Fsp3) is 0.250. The van der Waals surface area contributed by atoms with Crippen molar-refractivity contribution in [1.29, 1.82) is 0 Å². The van der Waals surface area contributed by atoms with E-state index >= 15 is 0 Å². The maximum atomic E-state index is 14.8. The van der Waals surface area contributed by atoms with Crippen molar-refractivity contribution < 1.29 is 21.9 Å². The summed E-state index contributed by atoms with van der Waals surface area (Å²) in [7, 11) is -1.35. The van der Waals surface area contributed by atoms with Crippen LogP contribution in [0.1, 0.15) is 18.9 Å². The SMILES string of the molecule is COC(c1ncc(Cl)cn1)C(C)S(=O)(=O)Nc1nnc(-c2ccn(C)n2)n1-c1c(F)cccc1F. The molecule has 0 radical (unpaired) electrons. The summed E-state index contributed by atoms with van der Waals surface area (Å²) >= 11 is 5.81. The van der Waals surface area contributed by atoms with Crippen LogP contribution in [0.4, 0.5) is 14.7 Å². The number of aryl methyl sites for hydroxylation is 1. The number of aromatic nitrogens is 7. The van der Waals surface area contributed by atoms with Gasteiger partial charge in [-0.3, -0.25) is 14.0 Å². The summed E-state index contributed by atoms with van der Waals surface area (Å²) in [5.41, 5.74) is -0.363. The number of methoxy groups -OCH3 is 1. The van der Waals surface area contributed by atoms with Crippen molar-refractivity contribution in [3.8, 4) is 17.2 Å². The van der Waals surface area contributed by atoms with Crippen LogP contribution in [0, 0.1) is 11.6 Å². The lowest BCUT2D eigenvalue weighted by atomic mass is 10.2. The summed E-state index contributed by atoms with van der Waals surface area (Å²) in [5.74, 6) is -2.37. The van der Waals surface area contributed by atoms with E-state index in [1.807, 2.05) is 0 Å². The van der Waals surface area contributed by atoms with E-state index in [0.29, 0.717) is 0 Å². The first-order valence-corrected chi connectivity index (χ1v) is 12.0. The predicted octanol–water partition coefficient (Wildman–Crippen LogP) is 2.91. The third kappa shape index (κ3) is 4.85. The first kappa shape index (κ1) is 24.6. The minimum atomic E-state index is -4.28. The van der Waals surface area contributed by atoms with E-state index in [0.717, 1.165) is 16.7 Å². The van der Waals surface area contributed by atoms with Gasteiger partial charge in [0.05, 0.1) is 5.02 Å². The number of hydrogen-bond acceptors (Lipinski definition) is 8. The fourth-order valence-electron chi connectivity index (χ4n) is 3.32. The molecule has 3 aromatic heterocycles. The van der Waals surface area contributed by atoms with E-state index in [1.165, 1.54) is 37.2 Å². The Morgan fingerprint density at radius 1 is 1.11 bits per heavy atom. The molecule has 2 unspecified atom stereocenters. The van der Waals surface area contributed by atoms with Gasteiger partial charge in [0.2, 0.25) is 16.0 Å². The number of hydrogen-bond donors (Lipinski definition) is 1. The molecule has 2 atom stereocenters. The van der Waals surface area contributed by atoms with Gasteiger partial charge >= 0.3 is 0 Å². The molecule has 0 aliphatic rings. The van der Waals surface area contributed by atoms with Gasteiger partial charge in [-0.25, -0.2) is 27.2 Å². The number of anilines is 1. The van der Waals surface area contributed by atoms with Crippen molar-refractivity contribution in [1.82, 2.24) is 34.5 Å². The highest BCUT2D eigenvalue weighted by molar-refractivity contribution is 7.93. The van der Waals surface area contributed by atoms with Crippen molar-refractivity contribution in [2.45, 2.75) is 18.3 Å². The lowest BCUT2D eigenvalue weighted by Crippen LogP contribution is -2.33. The van der Waals surface area contributed by atoms with Gasteiger partial charge in [-0.05, 0) is 25.1 Å². The topological polar surface area (TPSA) is 130 Å². The molecular weight excluding hydrogens is 506 g/mol. The summed E-state index contributed by atoms with van der Waals surface area (Å²) in [4.78, 5) is 8.04. The van der Waals surface area contributed by atoms with E-state index in [2.05, 4.69) is 30.0 Å². The van der Waals surface area contributed by atoms with Crippen LogP contribution in [0.25, 0.3) is 17.2 Å². The van der Waals surface area contributed by atoms with Gasteiger partial charge in [0.25, 0.3) is 0 Å². The second kappa shape index (κ2) is 9.64. The van der Waals surface area contributed by atoms with E-state index in [1.54, 1.807) is 19.3 Å². The summed E-state index contributed by atoms with van der Waals surface area (Å²) in [5, 5.41) is 11.0. The average Bonchev–Trinajstić information content (AvgIpc) is 3.41. The Bertz CT molecular complexity index is 1440. The largest absolute Gasteiger partial charge is 0.372 e. The number of para-hydroxylation sites is 1. The first-order chi connectivity index (χ1) is 16.6. The predicted molar refractivity (Wildman–Crippen MR) is 122 cm³/mol. The van der Waals surface area contributed by atoms with Crippen molar-refractivity contribution in [3.05, 3.63) is 65.3 Å². The van der Waals surface area contributed by atoms with Gasteiger partial charge in [-0.15, -0.1) is 10.2 Å². The molecule has 0 bridgehead atoms. The van der Waals surface area contributed by atoms with Gasteiger partial charge < -0.3 is 4.74 Å². The summed E-state index contributed by atoms with van der Waals surface area (Å²) in [6.07, 6.45) is 3.10. The number of sulfonamides is 1. The number of benzene rings is 1. The molecule has 0 saturated carbocycles. The Morgan fingerprint density at radius 3 is 2.34 bits per heavy atom. The van der Waals surface area contributed by atoms with Gasteiger partial charge in [0.1, 0.15) is 34.4 Å². The van der Waals surface area contributed by atoms with Crippen LogP contribution < -0.4 is 4.72 Å². The molecule has 4 rings (SSSR count). The number of rotatable bonds is 8. The Labute approximate surface area is 203 Å². The Kier molecular flexibility index (Phi) is 6.78. The zero-order valence-electron chi connectivity index (χ0n) is 18.6. The van der Waals surface area contributed by atoms with Crippen LogP contribution >= 0.6 is 11.6 Å². The number of nitrogens with zero attached hydrogens (tertiary/aromatic N) is 7. The summed E-state index contributed by atoms with van der Waals surface area (Å²) in [6.45, 7) is 1.36. The Morgan fingerprint density at radius 2 is 1.77 bits per heavy atom. The van der Waals surface area contributed by atoms with E-state index in [4.69, 9.17) is 16.3 Å². The highest BCUT2D eigenvalue weighted by Crippen LogP contribution is 2.30. The van der Waals surface area contributed by atoms with Crippen molar-refractivity contribution >= 4 is 27.6 Å². The lowest BCUT2D eigenvalue weighted by Gasteiger charge is -2.22. The second-order valence-electron chi connectivity index (χ2n) is 7.40. The van der Waals surface area contributed by atoms with Gasteiger partial charge in [-0.2, -0.15) is 5.10 Å². The molecule has 0 fully saturated rings. The molecule has 1 N–H and O–H groups in total. The molecule has 35 heavy (non-hydrogen) atoms. The highest BCUT2D eigenvalue weighted by atomic mass is 35.5. The highest BCUT2D eigenvalue weighted by Gasteiger charge is 2.35. The van der Waals surface area contributed by atoms with Crippen LogP contribution in [-0.4, -0.2) is 55.3 Å². The molecule has 0 aliphatic heterocycles. The standard InChI is InChI=1S/C20H19ClF2N8O3S/c1-11(17(34-3)18-24-9-12(21)10-25-18)35(32,33)29-20-27-26-19(15-7-8-30(2)28-15)31(20)16-13(22)5-4-6-14(16)23/h4-11,17H,1-3H3,(H,27,29).